The van der Waals surface area contributed by atoms with Gasteiger partial charge in [0.25, 0.3) is 5.91 Å². The van der Waals surface area contributed by atoms with Crippen molar-refractivity contribution < 1.29 is 9.90 Å². The van der Waals surface area contributed by atoms with Gasteiger partial charge < -0.3 is 10.4 Å². The van der Waals surface area contributed by atoms with E-state index in [0.717, 1.165) is 11.3 Å². The molecule has 0 saturated carbocycles. The molecular weight excluding hydrogens is 264 g/mol. The molecule has 2 N–H and O–H groups in total. The van der Waals surface area contributed by atoms with Crippen molar-refractivity contribution in [1.29, 1.82) is 0 Å². The number of pyridine rings is 1. The minimum atomic E-state index is -0.206. The van der Waals surface area contributed by atoms with E-state index in [1.165, 1.54) is 0 Å². The molecule has 1 aromatic carbocycles. The zero-order valence-corrected chi connectivity index (χ0v) is 11.8. The van der Waals surface area contributed by atoms with Crippen LogP contribution < -0.4 is 5.32 Å². The van der Waals surface area contributed by atoms with E-state index in [2.05, 4.69) is 22.1 Å². The number of nitrogens with zero attached hydrogens (tertiary/aromatic N) is 1. The number of aryl methyl sites for hydroxylation is 1. The second kappa shape index (κ2) is 7.22. The summed E-state index contributed by atoms with van der Waals surface area (Å²) in [5, 5.41) is 11.4. The molecule has 0 bridgehead atoms. The molecule has 1 heterocycles. The molecule has 106 valence electrons. The van der Waals surface area contributed by atoms with Gasteiger partial charge >= 0.3 is 0 Å². The third-order valence-electron chi connectivity index (χ3n) is 2.75. The molecule has 4 heteroatoms. The van der Waals surface area contributed by atoms with E-state index >= 15 is 0 Å². The predicted octanol–water partition coefficient (Wildman–Crippen LogP) is 2.38. The van der Waals surface area contributed by atoms with Crippen LogP contribution in [-0.2, 0) is 0 Å². The molecular formula is C17H16N2O2. The van der Waals surface area contributed by atoms with Crippen molar-refractivity contribution in [3.8, 4) is 11.8 Å². The summed E-state index contributed by atoms with van der Waals surface area (Å²) >= 11 is 0. The first-order valence-corrected chi connectivity index (χ1v) is 6.64. The Kier molecular flexibility index (Phi) is 5.08. The van der Waals surface area contributed by atoms with Crippen LogP contribution in [0.3, 0.4) is 0 Å². The van der Waals surface area contributed by atoms with E-state index in [-0.39, 0.29) is 12.5 Å². The Morgan fingerprint density at radius 2 is 2.00 bits per heavy atom. The molecule has 4 nitrogen and oxygen atoms in total. The first-order chi connectivity index (χ1) is 10.2. The SMILES string of the molecule is Cc1cccc(NC(=O)c2ccc(C#CCCO)cc2)n1. The molecule has 2 aromatic rings. The maximum atomic E-state index is 12.1. The van der Waals surface area contributed by atoms with Gasteiger partial charge in [0.1, 0.15) is 5.82 Å². The number of aliphatic hydroxyl groups excluding tert-OH is 1. The second-order valence-electron chi connectivity index (χ2n) is 4.47. The largest absolute Gasteiger partial charge is 0.395 e. The van der Waals surface area contributed by atoms with Crippen LogP contribution in [0.4, 0.5) is 5.82 Å². The summed E-state index contributed by atoms with van der Waals surface area (Å²) < 4.78 is 0. The predicted molar refractivity (Wildman–Crippen MR) is 82.0 cm³/mol. The van der Waals surface area contributed by atoms with Crippen molar-refractivity contribution in [1.82, 2.24) is 4.98 Å². The Morgan fingerprint density at radius 3 is 2.67 bits per heavy atom. The summed E-state index contributed by atoms with van der Waals surface area (Å²) in [7, 11) is 0. The fourth-order valence-corrected chi connectivity index (χ4v) is 1.73. The highest BCUT2D eigenvalue weighted by Gasteiger charge is 2.06. The minimum absolute atomic E-state index is 0.0526. The van der Waals surface area contributed by atoms with Crippen molar-refractivity contribution in [2.75, 3.05) is 11.9 Å². The Morgan fingerprint density at radius 1 is 1.24 bits per heavy atom. The lowest BCUT2D eigenvalue weighted by molar-refractivity contribution is 0.102. The number of carbonyl (C=O) groups is 1. The summed E-state index contributed by atoms with van der Waals surface area (Å²) in [6.07, 6.45) is 0.446. The number of amides is 1. The van der Waals surface area contributed by atoms with Crippen LogP contribution in [0, 0.1) is 18.8 Å². The van der Waals surface area contributed by atoms with E-state index in [4.69, 9.17) is 5.11 Å². The number of benzene rings is 1. The molecule has 1 amide bonds. The lowest BCUT2D eigenvalue weighted by atomic mass is 10.1. The maximum Gasteiger partial charge on any atom is 0.256 e. The smallest absolute Gasteiger partial charge is 0.256 e. The number of aromatic nitrogens is 1. The highest BCUT2D eigenvalue weighted by atomic mass is 16.2. The Hall–Kier alpha value is -2.64. The van der Waals surface area contributed by atoms with Gasteiger partial charge in [0.05, 0.1) is 6.61 Å². The van der Waals surface area contributed by atoms with E-state index in [9.17, 15) is 4.79 Å². The molecule has 0 fully saturated rings. The lowest BCUT2D eigenvalue weighted by Gasteiger charge is -2.05. The van der Waals surface area contributed by atoms with Gasteiger partial charge in [-0.05, 0) is 43.3 Å². The van der Waals surface area contributed by atoms with Crippen LogP contribution in [0.1, 0.15) is 28.0 Å². The van der Waals surface area contributed by atoms with Crippen LogP contribution in [0.2, 0.25) is 0 Å². The van der Waals surface area contributed by atoms with E-state index < -0.39 is 0 Å². The number of carbonyl (C=O) groups excluding carboxylic acids is 1. The zero-order valence-electron chi connectivity index (χ0n) is 11.8. The van der Waals surface area contributed by atoms with Crippen molar-refractivity contribution in [2.45, 2.75) is 13.3 Å². The summed E-state index contributed by atoms with van der Waals surface area (Å²) in [4.78, 5) is 16.3. The standard InChI is InChI=1S/C17H16N2O2/c1-13-5-4-7-16(18-13)19-17(21)15-10-8-14(9-11-15)6-2-3-12-20/h4-5,7-11,20H,3,12H2,1H3,(H,18,19,21). The zero-order chi connectivity index (χ0) is 15.1. The Bertz CT molecular complexity index is 682. The highest BCUT2D eigenvalue weighted by molar-refractivity contribution is 6.03. The van der Waals surface area contributed by atoms with Gasteiger partial charge in [-0.1, -0.05) is 17.9 Å². The lowest BCUT2D eigenvalue weighted by Crippen LogP contribution is -2.13. The molecule has 21 heavy (non-hydrogen) atoms. The summed E-state index contributed by atoms with van der Waals surface area (Å²) in [5.41, 5.74) is 2.21. The molecule has 0 atom stereocenters. The fourth-order valence-electron chi connectivity index (χ4n) is 1.73. The van der Waals surface area contributed by atoms with Crippen molar-refractivity contribution in [3.05, 3.63) is 59.3 Å². The Labute approximate surface area is 123 Å². The molecule has 0 saturated heterocycles. The van der Waals surface area contributed by atoms with E-state index in [0.29, 0.717) is 17.8 Å². The van der Waals surface area contributed by atoms with Gasteiger partial charge in [0.2, 0.25) is 0 Å². The minimum Gasteiger partial charge on any atom is -0.395 e. The molecule has 2 rings (SSSR count). The molecule has 0 aliphatic heterocycles. The molecule has 0 aliphatic carbocycles. The molecule has 0 spiro atoms. The van der Waals surface area contributed by atoms with Gasteiger partial charge in [-0.25, -0.2) is 4.98 Å². The van der Waals surface area contributed by atoms with Crippen LogP contribution in [0.5, 0.6) is 0 Å². The van der Waals surface area contributed by atoms with Gasteiger partial charge in [-0.3, -0.25) is 4.79 Å². The molecule has 0 radical (unpaired) electrons. The van der Waals surface area contributed by atoms with Gasteiger partial charge in [-0.2, -0.15) is 0 Å². The summed E-state index contributed by atoms with van der Waals surface area (Å²) in [6.45, 7) is 1.92. The van der Waals surface area contributed by atoms with Crippen molar-refractivity contribution in [2.24, 2.45) is 0 Å². The number of hydrogen-bond donors (Lipinski definition) is 2. The number of anilines is 1. The average molecular weight is 280 g/mol. The van der Waals surface area contributed by atoms with Crippen molar-refractivity contribution >= 4 is 11.7 Å². The fraction of sp³-hybridized carbons (Fsp3) is 0.176. The quantitative estimate of drug-likeness (QED) is 0.849. The van der Waals surface area contributed by atoms with Crippen LogP contribution in [0.15, 0.2) is 42.5 Å². The number of nitrogens with one attached hydrogen (secondary N) is 1. The Balaban J connectivity index is 2.05. The van der Waals surface area contributed by atoms with Gasteiger partial charge in [0.15, 0.2) is 0 Å². The second-order valence-corrected chi connectivity index (χ2v) is 4.47. The summed E-state index contributed by atoms with van der Waals surface area (Å²) in [5.74, 6) is 6.08. The third kappa shape index (κ3) is 4.44. The molecule has 1 aromatic heterocycles. The van der Waals surface area contributed by atoms with Crippen LogP contribution >= 0.6 is 0 Å². The van der Waals surface area contributed by atoms with Crippen LogP contribution in [0.25, 0.3) is 0 Å². The third-order valence-corrected chi connectivity index (χ3v) is 2.75. The number of hydrogen-bond acceptors (Lipinski definition) is 3. The van der Waals surface area contributed by atoms with E-state index in [1.807, 2.05) is 19.1 Å². The molecule has 0 aliphatic rings. The van der Waals surface area contributed by atoms with Gasteiger partial charge in [-0.15, -0.1) is 0 Å². The first kappa shape index (κ1) is 14.8. The monoisotopic (exact) mass is 280 g/mol. The van der Waals surface area contributed by atoms with E-state index in [1.54, 1.807) is 30.3 Å². The topological polar surface area (TPSA) is 62.2 Å². The maximum absolute atomic E-state index is 12.1. The number of aliphatic hydroxyl groups is 1. The summed E-state index contributed by atoms with van der Waals surface area (Å²) in [6, 6.07) is 12.5. The first-order valence-electron chi connectivity index (χ1n) is 6.64. The number of rotatable bonds is 3. The van der Waals surface area contributed by atoms with Crippen molar-refractivity contribution in [3.63, 3.8) is 0 Å². The van der Waals surface area contributed by atoms with Gasteiger partial charge in [0, 0.05) is 23.2 Å². The highest BCUT2D eigenvalue weighted by Crippen LogP contribution is 2.08. The average Bonchev–Trinajstić information content (AvgIpc) is 2.48. The normalized spacial score (nSPS) is 9.62. The van der Waals surface area contributed by atoms with Crippen LogP contribution in [-0.4, -0.2) is 22.6 Å². The molecule has 0 unspecified atom stereocenters.